The van der Waals surface area contributed by atoms with Gasteiger partial charge in [-0.2, -0.15) is 0 Å². The van der Waals surface area contributed by atoms with Gasteiger partial charge in [0, 0.05) is 36.5 Å². The third-order valence-corrected chi connectivity index (χ3v) is 6.48. The van der Waals surface area contributed by atoms with Crippen LogP contribution in [0.1, 0.15) is 36.5 Å². The molecule has 6 nitrogen and oxygen atoms in total. The monoisotopic (exact) mass is 437 g/mol. The summed E-state index contributed by atoms with van der Waals surface area (Å²) >= 11 is 1.54. The summed E-state index contributed by atoms with van der Waals surface area (Å²) < 4.78 is 10.6. The van der Waals surface area contributed by atoms with Crippen LogP contribution >= 0.6 is 11.3 Å². The van der Waals surface area contributed by atoms with Crippen molar-refractivity contribution in [1.82, 2.24) is 10.2 Å². The van der Waals surface area contributed by atoms with E-state index in [9.17, 15) is 4.79 Å². The van der Waals surface area contributed by atoms with Crippen LogP contribution in [0.25, 0.3) is 21.1 Å². The molecule has 0 unspecified atom stereocenters. The smallest absolute Gasteiger partial charge is 0.337 e. The summed E-state index contributed by atoms with van der Waals surface area (Å²) in [5.74, 6) is -0.345. The van der Waals surface area contributed by atoms with Gasteiger partial charge in [-0.1, -0.05) is 30.4 Å². The van der Waals surface area contributed by atoms with Crippen molar-refractivity contribution in [1.29, 1.82) is 0 Å². The summed E-state index contributed by atoms with van der Waals surface area (Å²) in [7, 11) is 1.38. The predicted molar refractivity (Wildman–Crippen MR) is 124 cm³/mol. The van der Waals surface area contributed by atoms with Gasteiger partial charge in [0.25, 0.3) is 0 Å². The van der Waals surface area contributed by atoms with Crippen LogP contribution in [-0.4, -0.2) is 49.1 Å². The first kappa shape index (κ1) is 21.5. The largest absolute Gasteiger partial charge is 0.465 e. The molecule has 7 heteroatoms. The molecule has 0 radical (unpaired) electrons. The lowest BCUT2D eigenvalue weighted by molar-refractivity contribution is 0.0375. The number of carbonyl (C=O) groups is 1. The molecule has 4 rings (SSSR count). The summed E-state index contributed by atoms with van der Waals surface area (Å²) in [5.41, 5.74) is 3.74. The van der Waals surface area contributed by atoms with Crippen molar-refractivity contribution in [2.45, 2.75) is 32.3 Å². The van der Waals surface area contributed by atoms with Gasteiger partial charge in [0.1, 0.15) is 10.0 Å². The molecule has 2 aromatic carbocycles. The summed E-state index contributed by atoms with van der Waals surface area (Å²) in [6.07, 6.45) is 3.64. The Labute approximate surface area is 186 Å². The molecule has 0 amide bonds. The molecular formula is C24H27N3O3S. The van der Waals surface area contributed by atoms with Gasteiger partial charge in [-0.3, -0.25) is 0 Å². The van der Waals surface area contributed by atoms with Crippen molar-refractivity contribution in [3.05, 3.63) is 54.1 Å². The number of carbonyl (C=O) groups excluding carboxylic acids is 1. The maximum Gasteiger partial charge on any atom is 0.337 e. The van der Waals surface area contributed by atoms with E-state index < -0.39 is 0 Å². The van der Waals surface area contributed by atoms with E-state index in [1.165, 1.54) is 24.1 Å². The standard InChI is InChI=1S/C24H27N3O3S/c1-3-16-30-21-12-14-27(15-13-21)20-10-8-18(9-11-20)23-26-25-22(31-23)17-4-6-19(7-5-17)24(28)29-2/h4-11,21H,3,12-16H2,1-2H3. The second-order valence-corrected chi connectivity index (χ2v) is 8.56. The number of anilines is 1. The van der Waals surface area contributed by atoms with Crippen LogP contribution in [0.3, 0.4) is 0 Å². The minimum Gasteiger partial charge on any atom is -0.465 e. The highest BCUT2D eigenvalue weighted by atomic mass is 32.1. The Morgan fingerprint density at radius 2 is 1.58 bits per heavy atom. The number of piperidine rings is 1. The number of rotatable bonds is 7. The molecule has 1 aliphatic rings. The molecular weight excluding hydrogens is 410 g/mol. The van der Waals surface area contributed by atoms with E-state index >= 15 is 0 Å². The van der Waals surface area contributed by atoms with Crippen LogP contribution in [0, 0.1) is 0 Å². The van der Waals surface area contributed by atoms with E-state index in [0.717, 1.165) is 60.1 Å². The van der Waals surface area contributed by atoms with Gasteiger partial charge in [0.2, 0.25) is 0 Å². The average Bonchev–Trinajstić information content (AvgIpc) is 3.33. The van der Waals surface area contributed by atoms with Crippen LogP contribution < -0.4 is 4.90 Å². The van der Waals surface area contributed by atoms with Crippen LogP contribution in [0.4, 0.5) is 5.69 Å². The highest BCUT2D eigenvalue weighted by Gasteiger charge is 2.20. The number of methoxy groups -OCH3 is 1. The molecule has 1 saturated heterocycles. The van der Waals surface area contributed by atoms with Gasteiger partial charge in [-0.15, -0.1) is 10.2 Å². The maximum absolute atomic E-state index is 11.6. The van der Waals surface area contributed by atoms with Crippen molar-refractivity contribution in [2.24, 2.45) is 0 Å². The third kappa shape index (κ3) is 5.11. The number of nitrogens with zero attached hydrogens (tertiary/aromatic N) is 3. The molecule has 2 heterocycles. The Morgan fingerprint density at radius 3 is 2.13 bits per heavy atom. The van der Waals surface area contributed by atoms with E-state index in [2.05, 4.69) is 46.3 Å². The van der Waals surface area contributed by atoms with Crippen LogP contribution in [0.5, 0.6) is 0 Å². The van der Waals surface area contributed by atoms with E-state index in [-0.39, 0.29) is 5.97 Å². The molecule has 0 spiro atoms. The summed E-state index contributed by atoms with van der Waals surface area (Å²) in [6.45, 7) is 5.06. The zero-order valence-electron chi connectivity index (χ0n) is 17.9. The highest BCUT2D eigenvalue weighted by Crippen LogP contribution is 2.31. The minimum absolute atomic E-state index is 0.345. The third-order valence-electron chi connectivity index (χ3n) is 5.46. The lowest BCUT2D eigenvalue weighted by Gasteiger charge is -2.33. The highest BCUT2D eigenvalue weighted by molar-refractivity contribution is 7.17. The average molecular weight is 438 g/mol. The van der Waals surface area contributed by atoms with Crippen LogP contribution in [0.15, 0.2) is 48.5 Å². The fourth-order valence-electron chi connectivity index (χ4n) is 3.70. The summed E-state index contributed by atoms with van der Waals surface area (Å²) in [5, 5.41) is 10.4. The number of aromatic nitrogens is 2. The lowest BCUT2D eigenvalue weighted by Crippen LogP contribution is -2.37. The van der Waals surface area contributed by atoms with Crippen molar-refractivity contribution in [3.63, 3.8) is 0 Å². The van der Waals surface area contributed by atoms with Gasteiger partial charge in [-0.05, 0) is 55.7 Å². The first-order chi connectivity index (χ1) is 15.2. The Balaban J connectivity index is 1.40. The molecule has 31 heavy (non-hydrogen) atoms. The van der Waals surface area contributed by atoms with E-state index in [4.69, 9.17) is 9.47 Å². The number of hydrogen-bond donors (Lipinski definition) is 0. The quantitative estimate of drug-likeness (QED) is 0.482. The van der Waals surface area contributed by atoms with Crippen LogP contribution in [-0.2, 0) is 9.47 Å². The van der Waals surface area contributed by atoms with Gasteiger partial charge in [0.15, 0.2) is 0 Å². The zero-order valence-corrected chi connectivity index (χ0v) is 18.7. The lowest BCUT2D eigenvalue weighted by atomic mass is 10.1. The second-order valence-electron chi connectivity index (χ2n) is 7.59. The van der Waals surface area contributed by atoms with Crippen LogP contribution in [0.2, 0.25) is 0 Å². The fourth-order valence-corrected chi connectivity index (χ4v) is 4.56. The fraction of sp³-hybridized carbons (Fsp3) is 0.375. The number of hydrogen-bond acceptors (Lipinski definition) is 7. The van der Waals surface area contributed by atoms with Crippen molar-refractivity contribution in [2.75, 3.05) is 31.7 Å². The zero-order chi connectivity index (χ0) is 21.6. The van der Waals surface area contributed by atoms with Gasteiger partial charge >= 0.3 is 5.97 Å². The summed E-state index contributed by atoms with van der Waals surface area (Å²) in [4.78, 5) is 14.0. The molecule has 1 fully saturated rings. The Bertz CT molecular complexity index is 994. The maximum atomic E-state index is 11.6. The number of esters is 1. The Morgan fingerprint density at radius 1 is 1.00 bits per heavy atom. The molecule has 0 N–H and O–H groups in total. The normalized spacial score (nSPS) is 14.6. The molecule has 1 aliphatic heterocycles. The predicted octanol–water partition coefficient (Wildman–Crippen LogP) is 5.05. The SMILES string of the molecule is CCCOC1CCN(c2ccc(-c3nnc(-c4ccc(C(=O)OC)cc4)s3)cc2)CC1. The first-order valence-corrected chi connectivity index (χ1v) is 11.5. The number of ether oxygens (including phenoxy) is 2. The molecule has 0 aliphatic carbocycles. The molecule has 0 saturated carbocycles. The Kier molecular flexibility index (Phi) is 6.94. The molecule has 0 atom stereocenters. The molecule has 1 aromatic heterocycles. The summed E-state index contributed by atoms with van der Waals surface area (Å²) in [6, 6.07) is 15.8. The molecule has 162 valence electrons. The Hall–Kier alpha value is -2.77. The van der Waals surface area contributed by atoms with Crippen molar-refractivity contribution in [3.8, 4) is 21.1 Å². The molecule has 3 aromatic rings. The van der Waals surface area contributed by atoms with Crippen molar-refractivity contribution < 1.29 is 14.3 Å². The van der Waals surface area contributed by atoms with Gasteiger partial charge in [-0.25, -0.2) is 4.79 Å². The van der Waals surface area contributed by atoms with Gasteiger partial charge in [0.05, 0.1) is 18.8 Å². The van der Waals surface area contributed by atoms with E-state index in [1.54, 1.807) is 12.1 Å². The van der Waals surface area contributed by atoms with Crippen molar-refractivity contribution >= 4 is 23.0 Å². The first-order valence-electron chi connectivity index (χ1n) is 10.7. The van der Waals surface area contributed by atoms with E-state index in [1.807, 2.05) is 12.1 Å². The molecule has 0 bridgehead atoms. The van der Waals surface area contributed by atoms with Gasteiger partial charge < -0.3 is 14.4 Å². The second kappa shape index (κ2) is 10.0. The minimum atomic E-state index is -0.345. The van der Waals surface area contributed by atoms with E-state index in [0.29, 0.717) is 11.7 Å². The topological polar surface area (TPSA) is 64.5 Å². The number of benzene rings is 2.